The molecule has 1 aliphatic rings. The smallest absolute Gasteiger partial charge is 0.315 e. The molecule has 0 fully saturated rings. The third-order valence-corrected chi connectivity index (χ3v) is 3.88. The van der Waals surface area contributed by atoms with E-state index in [9.17, 15) is 18.7 Å². The molecule has 1 atom stereocenters. The molecule has 0 saturated carbocycles. The Morgan fingerprint density at radius 3 is 2.92 bits per heavy atom. The normalized spacial score (nSPS) is 14.3. The lowest BCUT2D eigenvalue weighted by molar-refractivity contribution is 0.172. The maximum atomic E-state index is 13.1. The largest absolute Gasteiger partial charge is 0.387 e. The summed E-state index contributed by atoms with van der Waals surface area (Å²) in [5.74, 6) is -0.436. The van der Waals surface area contributed by atoms with Gasteiger partial charge in [-0.05, 0) is 24.1 Å². The lowest BCUT2D eigenvalue weighted by atomic mass is 10.1. The minimum atomic E-state index is -1.14. The van der Waals surface area contributed by atoms with E-state index in [-0.39, 0.29) is 18.7 Å². The van der Waals surface area contributed by atoms with Crippen molar-refractivity contribution < 1.29 is 18.7 Å². The highest BCUT2D eigenvalue weighted by Crippen LogP contribution is 2.16. The molecule has 1 aromatic heterocycles. The fourth-order valence-corrected chi connectivity index (χ4v) is 2.59. The van der Waals surface area contributed by atoms with Crippen LogP contribution >= 0.6 is 0 Å². The fourth-order valence-electron chi connectivity index (χ4n) is 2.59. The van der Waals surface area contributed by atoms with E-state index in [4.69, 9.17) is 0 Å². The van der Waals surface area contributed by atoms with E-state index in [0.717, 1.165) is 37.3 Å². The van der Waals surface area contributed by atoms with Gasteiger partial charge < -0.3 is 20.3 Å². The van der Waals surface area contributed by atoms with E-state index in [1.807, 2.05) is 4.57 Å². The Morgan fingerprint density at radius 1 is 1.29 bits per heavy atom. The van der Waals surface area contributed by atoms with Gasteiger partial charge in [0.15, 0.2) is 17.5 Å². The predicted octanol–water partition coefficient (Wildman–Crippen LogP) is 1.04. The van der Waals surface area contributed by atoms with Crippen molar-refractivity contribution in [1.82, 2.24) is 25.4 Å². The first-order valence-electron chi connectivity index (χ1n) is 7.60. The second kappa shape index (κ2) is 6.91. The lowest BCUT2D eigenvalue weighted by Gasteiger charge is -2.13. The van der Waals surface area contributed by atoms with Crippen molar-refractivity contribution in [3.05, 3.63) is 47.0 Å². The number of aromatic nitrogens is 3. The van der Waals surface area contributed by atoms with Crippen LogP contribution in [0.15, 0.2) is 18.2 Å². The van der Waals surface area contributed by atoms with Crippen molar-refractivity contribution in [2.75, 3.05) is 6.54 Å². The monoisotopic (exact) mass is 337 g/mol. The Kier molecular flexibility index (Phi) is 4.70. The number of aliphatic hydroxyl groups excluding tert-OH is 1. The molecule has 0 radical (unpaired) electrons. The fraction of sp³-hybridized carbons (Fsp3) is 0.400. The number of hydrogen-bond acceptors (Lipinski definition) is 4. The molecule has 3 N–H and O–H groups in total. The molecule has 2 amide bonds. The summed E-state index contributed by atoms with van der Waals surface area (Å²) in [6.07, 6.45) is 0.771. The zero-order chi connectivity index (χ0) is 17.1. The molecule has 24 heavy (non-hydrogen) atoms. The number of hydrogen-bond donors (Lipinski definition) is 3. The summed E-state index contributed by atoms with van der Waals surface area (Å²) in [7, 11) is 0. The van der Waals surface area contributed by atoms with Gasteiger partial charge in [-0.3, -0.25) is 0 Å². The zero-order valence-electron chi connectivity index (χ0n) is 12.8. The first-order chi connectivity index (χ1) is 11.5. The van der Waals surface area contributed by atoms with E-state index in [2.05, 4.69) is 20.8 Å². The molecule has 0 saturated heterocycles. The van der Waals surface area contributed by atoms with Crippen LogP contribution in [0.5, 0.6) is 0 Å². The highest BCUT2D eigenvalue weighted by molar-refractivity contribution is 5.73. The number of halogens is 2. The van der Waals surface area contributed by atoms with Crippen LogP contribution in [-0.2, 0) is 19.5 Å². The maximum absolute atomic E-state index is 13.1. The van der Waals surface area contributed by atoms with Crippen LogP contribution in [0.3, 0.4) is 0 Å². The molecule has 128 valence electrons. The number of fused-ring (bicyclic) bond motifs is 1. The van der Waals surface area contributed by atoms with Crippen molar-refractivity contribution in [2.45, 2.75) is 32.0 Å². The number of amides is 2. The zero-order valence-corrected chi connectivity index (χ0v) is 12.8. The van der Waals surface area contributed by atoms with Crippen molar-refractivity contribution in [3.63, 3.8) is 0 Å². The molecule has 0 spiro atoms. The molecular weight excluding hydrogens is 320 g/mol. The minimum absolute atomic E-state index is 0.130. The van der Waals surface area contributed by atoms with Gasteiger partial charge in [0.1, 0.15) is 5.82 Å². The Balaban J connectivity index is 1.47. The van der Waals surface area contributed by atoms with E-state index in [1.54, 1.807) is 0 Å². The van der Waals surface area contributed by atoms with E-state index in [1.165, 1.54) is 6.07 Å². The second-order valence-corrected chi connectivity index (χ2v) is 5.54. The van der Waals surface area contributed by atoms with E-state index < -0.39 is 23.8 Å². The molecular formula is C15H17F2N5O2. The van der Waals surface area contributed by atoms with Crippen molar-refractivity contribution in [2.24, 2.45) is 0 Å². The van der Waals surface area contributed by atoms with Crippen molar-refractivity contribution in [1.29, 1.82) is 0 Å². The number of nitrogens with one attached hydrogen (secondary N) is 2. The number of aryl methyl sites for hydroxylation is 1. The number of nitrogens with zero attached hydrogens (tertiary/aromatic N) is 3. The maximum Gasteiger partial charge on any atom is 0.315 e. The summed E-state index contributed by atoms with van der Waals surface area (Å²) < 4.78 is 27.9. The molecule has 1 aliphatic heterocycles. The number of urea groups is 1. The third kappa shape index (κ3) is 3.51. The quantitative estimate of drug-likeness (QED) is 0.760. The highest BCUT2D eigenvalue weighted by atomic mass is 19.2. The van der Waals surface area contributed by atoms with E-state index >= 15 is 0 Å². The van der Waals surface area contributed by atoms with Gasteiger partial charge in [0.05, 0.1) is 12.6 Å². The van der Waals surface area contributed by atoms with Gasteiger partial charge in [0.2, 0.25) is 0 Å². The molecule has 0 aliphatic carbocycles. The van der Waals surface area contributed by atoms with Crippen molar-refractivity contribution in [3.8, 4) is 0 Å². The molecule has 1 aromatic carbocycles. The molecule has 0 unspecified atom stereocenters. The number of benzene rings is 1. The number of carbonyl (C=O) groups is 1. The summed E-state index contributed by atoms with van der Waals surface area (Å²) in [6.45, 7) is 0.935. The SMILES string of the molecule is O=C(NCc1nnc2n1CCC2)NC[C@H](O)c1ccc(F)c(F)c1. The van der Waals surface area contributed by atoms with Crippen LogP contribution in [0.2, 0.25) is 0 Å². The number of rotatable bonds is 5. The highest BCUT2D eigenvalue weighted by Gasteiger charge is 2.17. The molecule has 7 nitrogen and oxygen atoms in total. The molecule has 0 bridgehead atoms. The van der Waals surface area contributed by atoms with Gasteiger partial charge in [-0.2, -0.15) is 0 Å². The molecule has 3 rings (SSSR count). The van der Waals surface area contributed by atoms with Gasteiger partial charge in [-0.15, -0.1) is 10.2 Å². The number of carbonyl (C=O) groups excluding carboxylic acids is 1. The number of aliphatic hydroxyl groups is 1. The first kappa shape index (κ1) is 16.3. The van der Waals surface area contributed by atoms with Gasteiger partial charge in [-0.25, -0.2) is 13.6 Å². The molecule has 2 aromatic rings. The average Bonchev–Trinajstić information content (AvgIpc) is 3.17. The van der Waals surface area contributed by atoms with Gasteiger partial charge in [0, 0.05) is 19.5 Å². The summed E-state index contributed by atoms with van der Waals surface area (Å²) in [5, 5.41) is 23.1. The summed E-state index contributed by atoms with van der Waals surface area (Å²) in [4.78, 5) is 11.8. The predicted molar refractivity (Wildman–Crippen MR) is 79.9 cm³/mol. The Bertz CT molecular complexity index is 749. The summed E-state index contributed by atoms with van der Waals surface area (Å²) in [6, 6.07) is 2.60. The van der Waals surface area contributed by atoms with Crippen molar-refractivity contribution >= 4 is 6.03 Å². The minimum Gasteiger partial charge on any atom is -0.387 e. The second-order valence-electron chi connectivity index (χ2n) is 5.54. The van der Waals surface area contributed by atoms with Gasteiger partial charge >= 0.3 is 6.03 Å². The van der Waals surface area contributed by atoms with Crippen LogP contribution in [0, 0.1) is 11.6 Å². The van der Waals surface area contributed by atoms with Crippen LogP contribution in [0.1, 0.15) is 29.7 Å². The average molecular weight is 337 g/mol. The first-order valence-corrected chi connectivity index (χ1v) is 7.60. The van der Waals surface area contributed by atoms with Gasteiger partial charge in [0.25, 0.3) is 0 Å². The summed E-state index contributed by atoms with van der Waals surface area (Å²) in [5.41, 5.74) is 0.185. The van der Waals surface area contributed by atoms with Crippen LogP contribution in [0.25, 0.3) is 0 Å². The Hall–Kier alpha value is -2.55. The van der Waals surface area contributed by atoms with Crippen LogP contribution in [-0.4, -0.2) is 32.4 Å². The summed E-state index contributed by atoms with van der Waals surface area (Å²) >= 11 is 0. The van der Waals surface area contributed by atoms with Crippen LogP contribution in [0.4, 0.5) is 13.6 Å². The lowest BCUT2D eigenvalue weighted by Crippen LogP contribution is -2.38. The van der Waals surface area contributed by atoms with Gasteiger partial charge in [-0.1, -0.05) is 6.07 Å². The standard InChI is InChI=1S/C15H17F2N5O2/c16-10-4-3-9(6-11(10)17)12(23)7-18-15(24)19-8-14-21-20-13-2-1-5-22(13)14/h3-4,6,12,23H,1-2,5,7-8H2,(H2,18,19,24)/t12-/m0/s1. The molecule has 2 heterocycles. The Morgan fingerprint density at radius 2 is 2.12 bits per heavy atom. The third-order valence-electron chi connectivity index (χ3n) is 3.88. The van der Waals surface area contributed by atoms with E-state index in [0.29, 0.717) is 5.82 Å². The Labute approximate surface area is 136 Å². The van der Waals surface area contributed by atoms with Crippen LogP contribution < -0.4 is 10.6 Å². The molecule has 9 heteroatoms. The topological polar surface area (TPSA) is 92.1 Å².